The maximum Gasteiger partial charge on any atom is 0.332 e. The van der Waals surface area contributed by atoms with Gasteiger partial charge in [0.1, 0.15) is 23.6 Å². The minimum Gasteiger partial charge on any atom is -0.494 e. The number of primary amides is 1. The van der Waals surface area contributed by atoms with Gasteiger partial charge in [-0.25, -0.2) is 19.3 Å². The summed E-state index contributed by atoms with van der Waals surface area (Å²) >= 11 is 0. The number of benzene rings is 3. The van der Waals surface area contributed by atoms with Crippen molar-refractivity contribution >= 4 is 17.1 Å². The Morgan fingerprint density at radius 2 is 1.58 bits per heavy atom. The standard InChI is InChI=1S/C27H23N5O4/c1-2-35-20-14-10-19(11-15-20)32-26-23(30-27(32)34)22(24(28)33)29-25(31-26)18-8-12-21(13-9-18)36-16-17-6-4-3-5-7-17/h3-15H,2,16H2,1H3,(H2,28,33)(H,30,34). The Bertz CT molecular complexity index is 1570. The number of aromatic nitrogens is 4. The van der Waals surface area contributed by atoms with Gasteiger partial charge in [0.2, 0.25) is 0 Å². The summed E-state index contributed by atoms with van der Waals surface area (Å²) in [6.07, 6.45) is 0. The Morgan fingerprint density at radius 1 is 0.917 bits per heavy atom. The molecule has 0 saturated heterocycles. The number of amides is 1. The van der Waals surface area contributed by atoms with Crippen LogP contribution in [0.2, 0.25) is 0 Å². The lowest BCUT2D eigenvalue weighted by Crippen LogP contribution is -2.15. The van der Waals surface area contributed by atoms with E-state index in [2.05, 4.69) is 15.0 Å². The van der Waals surface area contributed by atoms with E-state index >= 15 is 0 Å². The normalized spacial score (nSPS) is 10.9. The van der Waals surface area contributed by atoms with Crippen molar-refractivity contribution in [2.24, 2.45) is 5.73 Å². The van der Waals surface area contributed by atoms with Gasteiger partial charge in [0, 0.05) is 5.56 Å². The van der Waals surface area contributed by atoms with Crippen LogP contribution in [0.3, 0.4) is 0 Å². The van der Waals surface area contributed by atoms with E-state index in [4.69, 9.17) is 15.2 Å². The number of fused-ring (bicyclic) bond motifs is 1. The Kier molecular flexibility index (Phi) is 6.19. The van der Waals surface area contributed by atoms with E-state index in [0.717, 1.165) is 5.56 Å². The molecule has 5 rings (SSSR count). The first kappa shape index (κ1) is 22.9. The Hall–Kier alpha value is -4.92. The molecule has 0 radical (unpaired) electrons. The van der Waals surface area contributed by atoms with Gasteiger partial charge in [0.15, 0.2) is 17.2 Å². The van der Waals surface area contributed by atoms with Crippen LogP contribution < -0.4 is 20.9 Å². The summed E-state index contributed by atoms with van der Waals surface area (Å²) in [5.74, 6) is 0.833. The van der Waals surface area contributed by atoms with Gasteiger partial charge < -0.3 is 20.2 Å². The fourth-order valence-electron chi connectivity index (χ4n) is 3.83. The molecule has 3 N–H and O–H groups in total. The molecule has 2 aromatic heterocycles. The molecule has 36 heavy (non-hydrogen) atoms. The van der Waals surface area contributed by atoms with Crippen LogP contribution in [0.5, 0.6) is 11.5 Å². The molecule has 2 heterocycles. The number of nitrogens with two attached hydrogens (primary N) is 1. The largest absolute Gasteiger partial charge is 0.494 e. The van der Waals surface area contributed by atoms with Gasteiger partial charge in [-0.3, -0.25) is 4.79 Å². The summed E-state index contributed by atoms with van der Waals surface area (Å²) < 4.78 is 12.7. The minimum atomic E-state index is -0.772. The molecule has 0 saturated carbocycles. The number of H-pyrrole nitrogens is 1. The summed E-state index contributed by atoms with van der Waals surface area (Å²) in [6, 6.07) is 24.0. The van der Waals surface area contributed by atoms with Crippen molar-refractivity contribution in [3.8, 4) is 28.6 Å². The molecule has 0 aliphatic heterocycles. The zero-order valence-corrected chi connectivity index (χ0v) is 19.5. The summed E-state index contributed by atoms with van der Waals surface area (Å²) in [7, 11) is 0. The van der Waals surface area contributed by atoms with Gasteiger partial charge in [-0.1, -0.05) is 30.3 Å². The molecule has 3 aromatic carbocycles. The van der Waals surface area contributed by atoms with E-state index in [-0.39, 0.29) is 22.7 Å². The average Bonchev–Trinajstić information content (AvgIpc) is 3.24. The highest BCUT2D eigenvalue weighted by Crippen LogP contribution is 2.25. The molecule has 0 aliphatic rings. The SMILES string of the molecule is CCOc1ccc(-n2c(=O)[nH]c3c(C(N)=O)nc(-c4ccc(OCc5ccccc5)cc4)nc32)cc1. The van der Waals surface area contributed by atoms with Gasteiger partial charge in [-0.2, -0.15) is 0 Å². The maximum absolute atomic E-state index is 12.8. The minimum absolute atomic E-state index is 0.0683. The molecule has 180 valence electrons. The van der Waals surface area contributed by atoms with Crippen molar-refractivity contribution in [3.63, 3.8) is 0 Å². The smallest absolute Gasteiger partial charge is 0.332 e. The highest BCUT2D eigenvalue weighted by molar-refractivity contribution is 6.02. The third-order valence-corrected chi connectivity index (χ3v) is 5.54. The first-order chi connectivity index (χ1) is 17.5. The second kappa shape index (κ2) is 9.75. The van der Waals surface area contributed by atoms with Gasteiger partial charge in [-0.15, -0.1) is 0 Å². The number of hydrogen-bond donors (Lipinski definition) is 2. The number of hydrogen-bond acceptors (Lipinski definition) is 6. The first-order valence-electron chi connectivity index (χ1n) is 11.4. The highest BCUT2D eigenvalue weighted by atomic mass is 16.5. The zero-order chi connectivity index (χ0) is 25.1. The zero-order valence-electron chi connectivity index (χ0n) is 19.5. The predicted octanol–water partition coefficient (Wildman–Crippen LogP) is 3.85. The van der Waals surface area contributed by atoms with E-state index in [1.807, 2.05) is 37.3 Å². The molecule has 0 aliphatic carbocycles. The molecule has 5 aromatic rings. The topological polar surface area (TPSA) is 125 Å². The first-order valence-corrected chi connectivity index (χ1v) is 11.4. The van der Waals surface area contributed by atoms with Crippen molar-refractivity contribution in [1.82, 2.24) is 19.5 Å². The van der Waals surface area contributed by atoms with Crippen molar-refractivity contribution in [3.05, 3.63) is 101 Å². The summed E-state index contributed by atoms with van der Waals surface area (Å²) in [4.78, 5) is 36.7. The van der Waals surface area contributed by atoms with Crippen LogP contribution in [0.15, 0.2) is 83.7 Å². The van der Waals surface area contributed by atoms with Gasteiger partial charge in [0.05, 0.1) is 12.3 Å². The van der Waals surface area contributed by atoms with Crippen molar-refractivity contribution < 1.29 is 14.3 Å². The molecule has 9 nitrogen and oxygen atoms in total. The number of carbonyl (C=O) groups is 1. The van der Waals surface area contributed by atoms with Crippen LogP contribution in [0.4, 0.5) is 0 Å². The molecule has 1 amide bonds. The lowest BCUT2D eigenvalue weighted by atomic mass is 10.2. The molecular formula is C27H23N5O4. The van der Waals surface area contributed by atoms with E-state index < -0.39 is 11.6 Å². The maximum atomic E-state index is 12.8. The quantitative estimate of drug-likeness (QED) is 0.347. The third-order valence-electron chi connectivity index (χ3n) is 5.54. The third kappa shape index (κ3) is 4.54. The van der Waals surface area contributed by atoms with E-state index in [9.17, 15) is 9.59 Å². The van der Waals surface area contributed by atoms with Crippen molar-refractivity contribution in [1.29, 1.82) is 0 Å². The Balaban J connectivity index is 1.52. The van der Waals surface area contributed by atoms with E-state index in [1.54, 1.807) is 48.5 Å². The van der Waals surface area contributed by atoms with Crippen LogP contribution in [-0.2, 0) is 6.61 Å². The number of carbonyl (C=O) groups excluding carboxylic acids is 1. The monoisotopic (exact) mass is 481 g/mol. The van der Waals surface area contributed by atoms with Crippen LogP contribution in [0.1, 0.15) is 23.0 Å². The molecular weight excluding hydrogens is 458 g/mol. The molecule has 9 heteroatoms. The Labute approximate surface area is 206 Å². The van der Waals surface area contributed by atoms with E-state index in [1.165, 1.54) is 4.57 Å². The number of aromatic amines is 1. The average molecular weight is 482 g/mol. The number of nitrogens with one attached hydrogen (secondary N) is 1. The van der Waals surface area contributed by atoms with Gasteiger partial charge in [0.25, 0.3) is 5.91 Å². The van der Waals surface area contributed by atoms with Crippen LogP contribution in [0.25, 0.3) is 28.2 Å². The number of imidazole rings is 1. The fraction of sp³-hybridized carbons (Fsp3) is 0.111. The van der Waals surface area contributed by atoms with Gasteiger partial charge >= 0.3 is 5.69 Å². The highest BCUT2D eigenvalue weighted by Gasteiger charge is 2.20. The number of ether oxygens (including phenoxy) is 2. The molecule has 0 spiro atoms. The Morgan fingerprint density at radius 3 is 2.25 bits per heavy atom. The molecule has 0 bridgehead atoms. The lowest BCUT2D eigenvalue weighted by Gasteiger charge is -2.09. The number of rotatable bonds is 8. The van der Waals surface area contributed by atoms with Crippen LogP contribution >= 0.6 is 0 Å². The van der Waals surface area contributed by atoms with Crippen LogP contribution in [0, 0.1) is 0 Å². The second-order valence-electron chi connectivity index (χ2n) is 7.95. The fourth-order valence-corrected chi connectivity index (χ4v) is 3.83. The lowest BCUT2D eigenvalue weighted by molar-refractivity contribution is 0.0997. The second-order valence-corrected chi connectivity index (χ2v) is 7.95. The predicted molar refractivity (Wildman–Crippen MR) is 135 cm³/mol. The van der Waals surface area contributed by atoms with Crippen molar-refractivity contribution in [2.45, 2.75) is 13.5 Å². The van der Waals surface area contributed by atoms with E-state index in [0.29, 0.717) is 36.0 Å². The van der Waals surface area contributed by atoms with Crippen molar-refractivity contribution in [2.75, 3.05) is 6.61 Å². The van der Waals surface area contributed by atoms with Gasteiger partial charge in [-0.05, 0) is 61.0 Å². The van der Waals surface area contributed by atoms with Crippen LogP contribution in [-0.4, -0.2) is 32.0 Å². The summed E-state index contributed by atoms with van der Waals surface area (Å²) in [5.41, 5.74) is 7.73. The summed E-state index contributed by atoms with van der Waals surface area (Å²) in [5, 5.41) is 0. The molecule has 0 atom stereocenters. The molecule has 0 fully saturated rings. The number of nitrogens with zero attached hydrogens (tertiary/aromatic N) is 3. The summed E-state index contributed by atoms with van der Waals surface area (Å²) in [6.45, 7) is 2.86. The molecule has 0 unspecified atom stereocenters.